The van der Waals surface area contributed by atoms with Gasteiger partial charge in [0.15, 0.2) is 0 Å². The van der Waals surface area contributed by atoms with Gasteiger partial charge in [0.2, 0.25) is 0 Å². The molecule has 0 unspecified atom stereocenters. The molecular formula is C16H22BFO3. The van der Waals surface area contributed by atoms with Crippen LogP contribution >= 0.6 is 0 Å². The molecule has 3 nitrogen and oxygen atoms in total. The molecule has 114 valence electrons. The Morgan fingerprint density at radius 2 is 1.57 bits per heavy atom. The number of ether oxygens (including phenoxy) is 1. The predicted octanol–water partition coefficient (Wildman–Crippen LogP) is 2.89. The summed E-state index contributed by atoms with van der Waals surface area (Å²) in [5.74, 6) is -0.300. The summed E-state index contributed by atoms with van der Waals surface area (Å²) in [4.78, 5) is 0. The van der Waals surface area contributed by atoms with Crippen LogP contribution in [0.1, 0.15) is 52.7 Å². The Hall–Kier alpha value is -0.905. The number of rotatable bonds is 1. The van der Waals surface area contributed by atoms with Crippen molar-refractivity contribution in [2.75, 3.05) is 0 Å². The molecule has 2 aliphatic heterocycles. The monoisotopic (exact) mass is 292 g/mol. The average molecular weight is 292 g/mol. The Balaban J connectivity index is 1.99. The van der Waals surface area contributed by atoms with Crippen molar-refractivity contribution in [3.8, 4) is 0 Å². The second-order valence-corrected chi connectivity index (χ2v) is 7.42. The molecule has 0 amide bonds. The summed E-state index contributed by atoms with van der Waals surface area (Å²) >= 11 is 0. The molecule has 0 bridgehead atoms. The van der Waals surface area contributed by atoms with Crippen LogP contribution in [-0.4, -0.2) is 18.3 Å². The minimum atomic E-state index is -0.677. The lowest BCUT2D eigenvalue weighted by atomic mass is 9.76. The van der Waals surface area contributed by atoms with Gasteiger partial charge in [0, 0.05) is 5.46 Å². The predicted molar refractivity (Wildman–Crippen MR) is 79.9 cm³/mol. The minimum Gasteiger partial charge on any atom is -0.399 e. The van der Waals surface area contributed by atoms with Crippen molar-refractivity contribution < 1.29 is 18.4 Å². The van der Waals surface area contributed by atoms with Gasteiger partial charge in [-0.1, -0.05) is 6.07 Å². The van der Waals surface area contributed by atoms with E-state index in [0.717, 1.165) is 11.1 Å². The molecule has 0 aromatic heterocycles. The van der Waals surface area contributed by atoms with Crippen LogP contribution in [0.25, 0.3) is 0 Å². The normalized spacial score (nSPS) is 25.2. The third kappa shape index (κ3) is 2.22. The number of benzene rings is 1. The van der Waals surface area contributed by atoms with Crippen LogP contribution in [-0.2, 0) is 26.3 Å². The Kier molecular flexibility index (Phi) is 3.08. The van der Waals surface area contributed by atoms with Crippen molar-refractivity contribution >= 4 is 12.6 Å². The summed E-state index contributed by atoms with van der Waals surface area (Å²) in [5, 5.41) is 0. The number of fused-ring (bicyclic) bond motifs is 1. The largest absolute Gasteiger partial charge is 0.497 e. The molecule has 0 radical (unpaired) electrons. The van der Waals surface area contributed by atoms with Crippen LogP contribution < -0.4 is 5.46 Å². The molecule has 0 N–H and O–H groups in total. The van der Waals surface area contributed by atoms with E-state index in [0.29, 0.717) is 12.1 Å². The fourth-order valence-corrected chi connectivity index (χ4v) is 2.80. The molecule has 21 heavy (non-hydrogen) atoms. The summed E-state index contributed by atoms with van der Waals surface area (Å²) in [5.41, 5.74) is 0.975. The van der Waals surface area contributed by atoms with Crippen molar-refractivity contribution in [2.24, 2.45) is 0 Å². The van der Waals surface area contributed by atoms with E-state index in [9.17, 15) is 4.39 Å². The molecule has 1 aromatic carbocycles. The molecule has 5 heteroatoms. The molecule has 0 saturated carbocycles. The van der Waals surface area contributed by atoms with Gasteiger partial charge in [-0.25, -0.2) is 4.39 Å². The number of hydrogen-bond acceptors (Lipinski definition) is 3. The van der Waals surface area contributed by atoms with Crippen LogP contribution in [0.3, 0.4) is 0 Å². The van der Waals surface area contributed by atoms with Crippen molar-refractivity contribution in [3.05, 3.63) is 29.1 Å². The fraction of sp³-hybridized carbons (Fsp3) is 0.625. The Labute approximate surface area is 125 Å². The highest BCUT2D eigenvalue weighted by molar-refractivity contribution is 6.62. The Morgan fingerprint density at radius 3 is 2.14 bits per heavy atom. The fourth-order valence-electron chi connectivity index (χ4n) is 2.80. The van der Waals surface area contributed by atoms with E-state index in [1.807, 2.05) is 47.6 Å². The van der Waals surface area contributed by atoms with Crippen molar-refractivity contribution in [1.82, 2.24) is 0 Å². The number of halogens is 1. The van der Waals surface area contributed by atoms with E-state index >= 15 is 0 Å². The van der Waals surface area contributed by atoms with E-state index in [1.165, 1.54) is 0 Å². The van der Waals surface area contributed by atoms with E-state index in [1.54, 1.807) is 6.07 Å². The lowest BCUT2D eigenvalue weighted by Gasteiger charge is -2.32. The van der Waals surface area contributed by atoms with Crippen molar-refractivity contribution in [2.45, 2.75) is 65.0 Å². The first-order valence-electron chi connectivity index (χ1n) is 7.36. The second-order valence-electron chi connectivity index (χ2n) is 7.42. The number of hydrogen-bond donors (Lipinski definition) is 0. The van der Waals surface area contributed by atoms with E-state index in [-0.39, 0.29) is 5.82 Å². The van der Waals surface area contributed by atoms with Gasteiger partial charge in [0.25, 0.3) is 0 Å². The molecule has 1 fully saturated rings. The highest BCUT2D eigenvalue weighted by Gasteiger charge is 2.52. The van der Waals surface area contributed by atoms with Gasteiger partial charge >= 0.3 is 7.12 Å². The standard InChI is InChI=1S/C16H22BFO3/c1-14(2)11-8-13(18)12(7-10(11)9-19-14)17-20-15(3,4)16(5,6)21-17/h7-8H,9H2,1-6H3. The second kappa shape index (κ2) is 4.31. The zero-order valence-electron chi connectivity index (χ0n) is 13.5. The van der Waals surface area contributed by atoms with Crippen molar-refractivity contribution in [1.29, 1.82) is 0 Å². The molecule has 1 aromatic rings. The maximum Gasteiger partial charge on any atom is 0.497 e. The topological polar surface area (TPSA) is 27.7 Å². The zero-order chi connectivity index (χ0) is 15.6. The molecule has 0 aliphatic carbocycles. The van der Waals surface area contributed by atoms with Gasteiger partial charge in [0.05, 0.1) is 23.4 Å². The summed E-state index contributed by atoms with van der Waals surface area (Å²) in [7, 11) is -0.677. The smallest absolute Gasteiger partial charge is 0.399 e. The van der Waals surface area contributed by atoms with E-state index < -0.39 is 23.9 Å². The molecule has 1 saturated heterocycles. The molecule has 2 heterocycles. The van der Waals surface area contributed by atoms with Gasteiger partial charge in [-0.2, -0.15) is 0 Å². The lowest BCUT2D eigenvalue weighted by Crippen LogP contribution is -2.41. The van der Waals surface area contributed by atoms with Crippen LogP contribution in [0.2, 0.25) is 0 Å². The van der Waals surface area contributed by atoms with Crippen LogP contribution in [0.5, 0.6) is 0 Å². The first kappa shape index (κ1) is 15.0. The maximum atomic E-state index is 14.5. The first-order valence-corrected chi connectivity index (χ1v) is 7.36. The highest BCUT2D eigenvalue weighted by atomic mass is 19.1. The van der Waals surface area contributed by atoms with Gasteiger partial charge in [-0.3, -0.25) is 0 Å². The van der Waals surface area contributed by atoms with Crippen LogP contribution in [0.15, 0.2) is 12.1 Å². The minimum absolute atomic E-state index is 0.300. The van der Waals surface area contributed by atoms with Gasteiger partial charge in [0.1, 0.15) is 5.82 Å². The third-order valence-corrected chi connectivity index (χ3v) is 4.97. The van der Waals surface area contributed by atoms with E-state index in [4.69, 9.17) is 14.0 Å². The highest BCUT2D eigenvalue weighted by Crippen LogP contribution is 2.39. The first-order chi connectivity index (χ1) is 9.53. The molecule has 2 aliphatic rings. The maximum absolute atomic E-state index is 14.5. The average Bonchev–Trinajstić information content (AvgIpc) is 2.73. The zero-order valence-corrected chi connectivity index (χ0v) is 13.5. The Morgan fingerprint density at radius 1 is 1.00 bits per heavy atom. The molecule has 0 atom stereocenters. The SMILES string of the molecule is CC1(C)OCc2cc(B3OC(C)(C)C(C)(C)O3)c(F)cc21. The van der Waals surface area contributed by atoms with Crippen molar-refractivity contribution in [3.63, 3.8) is 0 Å². The summed E-state index contributed by atoms with van der Waals surface area (Å²) < 4.78 is 32.1. The summed E-state index contributed by atoms with van der Waals surface area (Å²) in [6, 6.07) is 3.38. The summed E-state index contributed by atoms with van der Waals surface area (Å²) in [6.45, 7) is 12.2. The van der Waals surface area contributed by atoms with Crippen LogP contribution in [0.4, 0.5) is 4.39 Å². The molecule has 3 rings (SSSR count). The van der Waals surface area contributed by atoms with E-state index in [2.05, 4.69) is 0 Å². The Bertz CT molecular complexity index is 579. The van der Waals surface area contributed by atoms with Crippen LogP contribution in [0, 0.1) is 5.82 Å². The molecule has 0 spiro atoms. The summed E-state index contributed by atoms with van der Waals surface area (Å²) in [6.07, 6.45) is 0. The van der Waals surface area contributed by atoms with Gasteiger partial charge < -0.3 is 14.0 Å². The lowest BCUT2D eigenvalue weighted by molar-refractivity contribution is -0.00798. The van der Waals surface area contributed by atoms with Gasteiger partial charge in [-0.05, 0) is 58.7 Å². The quantitative estimate of drug-likeness (QED) is 0.745. The third-order valence-electron chi connectivity index (χ3n) is 4.97. The van der Waals surface area contributed by atoms with Gasteiger partial charge in [-0.15, -0.1) is 0 Å². The molecular weight excluding hydrogens is 270 g/mol.